The van der Waals surface area contributed by atoms with Crippen LogP contribution in [0, 0.1) is 6.92 Å². The van der Waals surface area contributed by atoms with Crippen LogP contribution in [-0.2, 0) is 4.79 Å². The quantitative estimate of drug-likeness (QED) is 0.871. The summed E-state index contributed by atoms with van der Waals surface area (Å²) in [6.07, 6.45) is 9.62. The summed E-state index contributed by atoms with van der Waals surface area (Å²) in [5, 5.41) is 7.47. The van der Waals surface area contributed by atoms with Gasteiger partial charge in [-0.05, 0) is 50.3 Å². The zero-order valence-electron chi connectivity index (χ0n) is 14.5. The molecule has 0 bridgehead atoms. The Balaban J connectivity index is 1.41. The zero-order chi connectivity index (χ0) is 17.2. The van der Waals surface area contributed by atoms with Crippen molar-refractivity contribution < 1.29 is 4.79 Å². The maximum absolute atomic E-state index is 12.5. The molecular formula is C19H23N5O. The van der Waals surface area contributed by atoms with Crippen LogP contribution in [0.5, 0.6) is 0 Å². The fourth-order valence-corrected chi connectivity index (χ4v) is 3.33. The number of pyridine rings is 1. The van der Waals surface area contributed by atoms with Gasteiger partial charge in [-0.15, -0.1) is 0 Å². The molecule has 6 heteroatoms. The van der Waals surface area contributed by atoms with Crippen LogP contribution >= 0.6 is 0 Å². The molecule has 1 atom stereocenters. The van der Waals surface area contributed by atoms with Crippen molar-refractivity contribution in [3.63, 3.8) is 0 Å². The predicted octanol–water partition coefficient (Wildman–Crippen LogP) is 2.80. The smallest absolute Gasteiger partial charge is 0.246 e. The van der Waals surface area contributed by atoms with E-state index in [2.05, 4.69) is 20.2 Å². The molecule has 2 aromatic heterocycles. The van der Waals surface area contributed by atoms with Crippen molar-refractivity contribution in [2.45, 2.75) is 44.4 Å². The van der Waals surface area contributed by atoms with Gasteiger partial charge in [-0.1, -0.05) is 6.07 Å². The van der Waals surface area contributed by atoms with Gasteiger partial charge < -0.3 is 4.90 Å². The number of piperidine rings is 1. The minimum atomic E-state index is 0.0349. The SMILES string of the molecule is Cc1cccnc1/C=C/C(=O)N1CCCC(c2n[nH]c(C3CC3)n2)C1. The molecule has 0 aromatic carbocycles. The first kappa shape index (κ1) is 16.0. The normalized spacial score (nSPS) is 21.0. The lowest BCUT2D eigenvalue weighted by Gasteiger charge is -2.30. The summed E-state index contributed by atoms with van der Waals surface area (Å²) in [5.74, 6) is 2.72. The molecule has 1 unspecified atom stereocenters. The lowest BCUT2D eigenvalue weighted by Crippen LogP contribution is -2.38. The largest absolute Gasteiger partial charge is 0.338 e. The fraction of sp³-hybridized carbons (Fsp3) is 0.474. The monoisotopic (exact) mass is 337 g/mol. The Morgan fingerprint density at radius 1 is 1.32 bits per heavy atom. The van der Waals surface area contributed by atoms with Gasteiger partial charge in [0.25, 0.3) is 0 Å². The second kappa shape index (κ2) is 6.78. The maximum atomic E-state index is 12.5. The first-order valence-corrected chi connectivity index (χ1v) is 9.01. The molecule has 4 rings (SSSR count). The average molecular weight is 337 g/mol. The topological polar surface area (TPSA) is 74.8 Å². The van der Waals surface area contributed by atoms with E-state index in [0.717, 1.165) is 42.3 Å². The zero-order valence-corrected chi connectivity index (χ0v) is 14.5. The Morgan fingerprint density at radius 3 is 3.00 bits per heavy atom. The average Bonchev–Trinajstić information content (AvgIpc) is 3.38. The summed E-state index contributed by atoms with van der Waals surface area (Å²) >= 11 is 0. The molecule has 0 radical (unpaired) electrons. The van der Waals surface area contributed by atoms with Gasteiger partial charge in [0.05, 0.1) is 5.69 Å². The third kappa shape index (κ3) is 3.62. The molecule has 1 aliphatic heterocycles. The van der Waals surface area contributed by atoms with Crippen LogP contribution < -0.4 is 0 Å². The summed E-state index contributed by atoms with van der Waals surface area (Å²) in [5.41, 5.74) is 1.91. The van der Waals surface area contributed by atoms with Gasteiger partial charge in [0, 0.05) is 37.2 Å². The van der Waals surface area contributed by atoms with E-state index < -0.39 is 0 Å². The molecule has 1 saturated heterocycles. The van der Waals surface area contributed by atoms with Crippen molar-refractivity contribution in [1.29, 1.82) is 0 Å². The Morgan fingerprint density at radius 2 is 2.20 bits per heavy atom. The Hall–Kier alpha value is -2.50. The van der Waals surface area contributed by atoms with Crippen molar-refractivity contribution in [2.75, 3.05) is 13.1 Å². The van der Waals surface area contributed by atoms with E-state index >= 15 is 0 Å². The minimum Gasteiger partial charge on any atom is -0.338 e. The summed E-state index contributed by atoms with van der Waals surface area (Å²) in [4.78, 5) is 23.4. The van der Waals surface area contributed by atoms with Crippen molar-refractivity contribution in [3.8, 4) is 0 Å². The standard InChI is InChI=1S/C19H23N5O/c1-13-4-2-10-20-16(13)8-9-17(25)24-11-3-5-15(12-24)19-21-18(22-23-19)14-6-7-14/h2,4,8-10,14-15H,3,5-7,11-12H2,1H3,(H,21,22,23)/b9-8+. The number of carbonyl (C=O) groups excluding carboxylic acids is 1. The van der Waals surface area contributed by atoms with Gasteiger partial charge in [-0.25, -0.2) is 4.98 Å². The minimum absolute atomic E-state index is 0.0349. The maximum Gasteiger partial charge on any atom is 0.246 e. The molecule has 6 nitrogen and oxygen atoms in total. The third-order valence-corrected chi connectivity index (χ3v) is 5.02. The van der Waals surface area contributed by atoms with E-state index in [-0.39, 0.29) is 11.8 Å². The molecule has 130 valence electrons. The van der Waals surface area contributed by atoms with Gasteiger partial charge in [0.15, 0.2) is 5.82 Å². The highest BCUT2D eigenvalue weighted by atomic mass is 16.2. The highest BCUT2D eigenvalue weighted by Gasteiger charge is 2.30. The van der Waals surface area contributed by atoms with Crippen LogP contribution in [0.25, 0.3) is 6.08 Å². The molecule has 3 heterocycles. The Labute approximate surface area is 147 Å². The number of rotatable bonds is 4. The van der Waals surface area contributed by atoms with Crippen molar-refractivity contribution >= 4 is 12.0 Å². The molecule has 1 N–H and O–H groups in total. The number of nitrogens with zero attached hydrogens (tertiary/aromatic N) is 4. The third-order valence-electron chi connectivity index (χ3n) is 5.02. The van der Waals surface area contributed by atoms with Crippen molar-refractivity contribution in [1.82, 2.24) is 25.1 Å². The van der Waals surface area contributed by atoms with Crippen molar-refractivity contribution in [3.05, 3.63) is 47.3 Å². The highest BCUT2D eigenvalue weighted by molar-refractivity contribution is 5.91. The van der Waals surface area contributed by atoms with E-state index in [9.17, 15) is 4.79 Å². The first-order chi connectivity index (χ1) is 12.2. The van der Waals surface area contributed by atoms with Gasteiger partial charge in [-0.3, -0.25) is 14.9 Å². The molecule has 1 amide bonds. The number of carbonyl (C=O) groups is 1. The van der Waals surface area contributed by atoms with Crippen LogP contribution in [0.1, 0.15) is 60.4 Å². The van der Waals surface area contributed by atoms with Crippen LogP contribution in [0.2, 0.25) is 0 Å². The Kier molecular flexibility index (Phi) is 4.34. The summed E-state index contributed by atoms with van der Waals surface area (Å²) in [7, 11) is 0. The number of H-pyrrole nitrogens is 1. The highest BCUT2D eigenvalue weighted by Crippen LogP contribution is 2.38. The number of aryl methyl sites for hydroxylation is 1. The lowest BCUT2D eigenvalue weighted by molar-refractivity contribution is -0.127. The number of nitrogens with one attached hydrogen (secondary N) is 1. The summed E-state index contributed by atoms with van der Waals surface area (Å²) in [6, 6.07) is 3.89. The van der Waals surface area contributed by atoms with Gasteiger partial charge in [-0.2, -0.15) is 5.10 Å². The summed E-state index contributed by atoms with van der Waals surface area (Å²) in [6.45, 7) is 3.47. The molecule has 2 aromatic rings. The number of hydrogen-bond acceptors (Lipinski definition) is 4. The number of aromatic amines is 1. The van der Waals surface area contributed by atoms with E-state index in [4.69, 9.17) is 0 Å². The van der Waals surface area contributed by atoms with Crippen LogP contribution in [-0.4, -0.2) is 44.1 Å². The molecule has 25 heavy (non-hydrogen) atoms. The summed E-state index contributed by atoms with van der Waals surface area (Å²) < 4.78 is 0. The molecule has 2 aliphatic rings. The van der Waals surface area contributed by atoms with Crippen molar-refractivity contribution in [2.24, 2.45) is 0 Å². The van der Waals surface area contributed by atoms with E-state index in [1.165, 1.54) is 12.8 Å². The second-order valence-corrected chi connectivity index (χ2v) is 7.02. The predicted molar refractivity (Wildman–Crippen MR) is 94.9 cm³/mol. The molecule has 2 fully saturated rings. The van der Waals surface area contributed by atoms with Gasteiger partial charge >= 0.3 is 0 Å². The van der Waals surface area contributed by atoms with E-state index in [1.54, 1.807) is 18.3 Å². The van der Waals surface area contributed by atoms with Crippen LogP contribution in [0.4, 0.5) is 0 Å². The molecular weight excluding hydrogens is 314 g/mol. The van der Waals surface area contributed by atoms with Crippen LogP contribution in [0.15, 0.2) is 24.4 Å². The fourth-order valence-electron chi connectivity index (χ4n) is 3.33. The number of amides is 1. The molecule has 1 aliphatic carbocycles. The van der Waals surface area contributed by atoms with Crippen LogP contribution in [0.3, 0.4) is 0 Å². The Bertz CT molecular complexity index is 793. The molecule has 1 saturated carbocycles. The number of hydrogen-bond donors (Lipinski definition) is 1. The number of aromatic nitrogens is 4. The lowest BCUT2D eigenvalue weighted by atomic mass is 9.97. The van der Waals surface area contributed by atoms with E-state index in [1.807, 2.05) is 24.0 Å². The molecule has 0 spiro atoms. The van der Waals surface area contributed by atoms with Gasteiger partial charge in [0.2, 0.25) is 5.91 Å². The second-order valence-electron chi connectivity index (χ2n) is 7.02. The number of likely N-dealkylation sites (tertiary alicyclic amines) is 1. The van der Waals surface area contributed by atoms with Gasteiger partial charge in [0.1, 0.15) is 5.82 Å². The first-order valence-electron chi connectivity index (χ1n) is 9.01. The van der Waals surface area contributed by atoms with E-state index in [0.29, 0.717) is 12.5 Å².